The van der Waals surface area contributed by atoms with Crippen LogP contribution in [0, 0.1) is 19.1 Å². The van der Waals surface area contributed by atoms with E-state index in [1.165, 1.54) is 0 Å². The maximum absolute atomic E-state index is 6.27. The van der Waals surface area contributed by atoms with Gasteiger partial charge in [0, 0.05) is 48.5 Å². The van der Waals surface area contributed by atoms with Crippen LogP contribution in [0.4, 0.5) is 0 Å². The van der Waals surface area contributed by atoms with E-state index in [-0.39, 0.29) is 20.1 Å². The molecule has 0 amide bonds. The third-order valence-electron chi connectivity index (χ3n) is 7.67. The standard InChI is InChI=1S/C28H17N4O.C11H8N.Ir/c1-17-14-15-21-20-11-7-12-22(25(20)33-28(21)29-17)27-31-26-24(32(27)19-9-3-2-4-10-19)16-18-8-5-6-13-23(18)30-26;1-2-6-10(7-3-1)11-8-4-5-9-12-11;/h2-11,13-16H,1H3;1-6,8-9H;/q2*-1;. The molecule has 6 nitrogen and oxygen atoms in total. The van der Waals surface area contributed by atoms with Gasteiger partial charge in [0.25, 0.3) is 0 Å². The summed E-state index contributed by atoms with van der Waals surface area (Å²) in [7, 11) is 0. The second-order valence-corrected chi connectivity index (χ2v) is 10.6. The van der Waals surface area contributed by atoms with Gasteiger partial charge in [0.15, 0.2) is 5.65 Å². The number of hydrogen-bond donors (Lipinski definition) is 0. The number of hydrogen-bond acceptors (Lipinski definition) is 5. The van der Waals surface area contributed by atoms with Crippen molar-refractivity contribution >= 4 is 44.1 Å². The van der Waals surface area contributed by atoms with Crippen molar-refractivity contribution in [3.8, 4) is 28.3 Å². The Labute approximate surface area is 278 Å². The fourth-order valence-electron chi connectivity index (χ4n) is 5.57. The van der Waals surface area contributed by atoms with Crippen LogP contribution in [-0.2, 0) is 20.1 Å². The Bertz CT molecular complexity index is 2400. The van der Waals surface area contributed by atoms with E-state index < -0.39 is 0 Å². The number of aryl methyl sites for hydroxylation is 1. The van der Waals surface area contributed by atoms with Gasteiger partial charge in [-0.3, -0.25) is 4.98 Å². The SMILES string of the molecule is Cc1ccc2c(n1)oc1c(-c3nc4nc5ccccc5cc4n3-c3ccccc3)[c-]ccc12.[Ir].[c-]1ccccc1-c1ccccn1. The average Bonchev–Trinajstić information content (AvgIpc) is 3.66. The second-order valence-electron chi connectivity index (χ2n) is 10.6. The van der Waals surface area contributed by atoms with Gasteiger partial charge in [0.1, 0.15) is 0 Å². The molecule has 0 saturated carbocycles. The van der Waals surface area contributed by atoms with Crippen molar-refractivity contribution in [3.63, 3.8) is 0 Å². The molecule has 0 fully saturated rings. The van der Waals surface area contributed by atoms with Crippen LogP contribution in [0.15, 0.2) is 138 Å². The van der Waals surface area contributed by atoms with E-state index >= 15 is 0 Å². The summed E-state index contributed by atoms with van der Waals surface area (Å²) in [6.45, 7) is 1.96. The zero-order chi connectivity index (χ0) is 30.2. The molecule has 0 aliphatic heterocycles. The number of rotatable bonds is 3. The average molecular weight is 772 g/mol. The first-order chi connectivity index (χ1) is 22.2. The van der Waals surface area contributed by atoms with Crippen LogP contribution in [0.5, 0.6) is 0 Å². The van der Waals surface area contributed by atoms with Crippen LogP contribution < -0.4 is 0 Å². The van der Waals surface area contributed by atoms with Crippen LogP contribution >= 0.6 is 0 Å². The monoisotopic (exact) mass is 772 g/mol. The predicted octanol–water partition coefficient (Wildman–Crippen LogP) is 9.19. The Morgan fingerprint density at radius 1 is 0.696 bits per heavy atom. The van der Waals surface area contributed by atoms with E-state index in [0.29, 0.717) is 11.4 Å². The first kappa shape index (κ1) is 29.2. The van der Waals surface area contributed by atoms with Crippen LogP contribution in [0.3, 0.4) is 0 Å². The summed E-state index contributed by atoms with van der Waals surface area (Å²) < 4.78 is 8.40. The van der Waals surface area contributed by atoms with Gasteiger partial charge in [0.05, 0.1) is 22.4 Å². The van der Waals surface area contributed by atoms with Crippen molar-refractivity contribution in [3.05, 3.63) is 151 Å². The van der Waals surface area contributed by atoms with Crippen molar-refractivity contribution in [1.82, 2.24) is 24.5 Å². The number of imidazole rings is 1. The van der Waals surface area contributed by atoms with Crippen molar-refractivity contribution in [2.75, 3.05) is 0 Å². The molecular weight excluding hydrogens is 747 g/mol. The number of furan rings is 1. The van der Waals surface area contributed by atoms with Gasteiger partial charge in [-0.1, -0.05) is 59.5 Å². The molecule has 0 saturated heterocycles. The molecule has 0 bridgehead atoms. The Morgan fingerprint density at radius 2 is 1.52 bits per heavy atom. The third-order valence-corrected chi connectivity index (χ3v) is 7.67. The maximum atomic E-state index is 6.27. The zero-order valence-electron chi connectivity index (χ0n) is 24.7. The van der Waals surface area contributed by atoms with E-state index in [0.717, 1.165) is 66.8 Å². The summed E-state index contributed by atoms with van der Waals surface area (Å²) in [5, 5.41) is 3.05. The van der Waals surface area contributed by atoms with Crippen LogP contribution in [0.1, 0.15) is 5.69 Å². The van der Waals surface area contributed by atoms with E-state index in [1.54, 1.807) is 6.20 Å². The van der Waals surface area contributed by atoms with Gasteiger partial charge < -0.3 is 14.0 Å². The van der Waals surface area contributed by atoms with Crippen LogP contribution in [0.2, 0.25) is 0 Å². The number of aromatic nitrogens is 5. The Morgan fingerprint density at radius 3 is 2.35 bits per heavy atom. The molecule has 0 spiro atoms. The van der Waals surface area contributed by atoms with Crippen LogP contribution in [0.25, 0.3) is 72.5 Å². The number of pyridine rings is 3. The van der Waals surface area contributed by atoms with Gasteiger partial charge in [0.2, 0.25) is 5.71 Å². The van der Waals surface area contributed by atoms with E-state index in [9.17, 15) is 0 Å². The van der Waals surface area contributed by atoms with Crippen LogP contribution in [-0.4, -0.2) is 24.5 Å². The Kier molecular flexibility index (Phi) is 7.93. The summed E-state index contributed by atoms with van der Waals surface area (Å²) in [6, 6.07) is 48.7. The molecule has 46 heavy (non-hydrogen) atoms. The van der Waals surface area contributed by atoms with Crippen molar-refractivity contribution < 1.29 is 24.5 Å². The summed E-state index contributed by atoms with van der Waals surface area (Å²) in [5.41, 5.74) is 8.60. The molecule has 0 aliphatic rings. The normalized spacial score (nSPS) is 11.0. The molecule has 0 aliphatic carbocycles. The Hall–Kier alpha value is -5.49. The smallest absolute Gasteiger partial charge is 0.216 e. The molecule has 5 heterocycles. The molecule has 0 atom stereocenters. The molecule has 9 aromatic rings. The number of fused-ring (bicyclic) bond motifs is 5. The third kappa shape index (κ3) is 5.36. The minimum absolute atomic E-state index is 0. The quantitative estimate of drug-likeness (QED) is 0.168. The van der Waals surface area contributed by atoms with E-state index in [4.69, 9.17) is 14.4 Å². The minimum Gasteiger partial charge on any atom is -0.486 e. The summed E-state index contributed by atoms with van der Waals surface area (Å²) >= 11 is 0. The molecule has 223 valence electrons. The molecule has 1 radical (unpaired) electrons. The second kappa shape index (κ2) is 12.5. The zero-order valence-corrected chi connectivity index (χ0v) is 27.1. The van der Waals surface area contributed by atoms with Gasteiger partial charge in [-0.2, -0.15) is 0 Å². The summed E-state index contributed by atoms with van der Waals surface area (Å²) in [6.07, 6.45) is 1.79. The molecule has 0 N–H and O–H groups in total. The van der Waals surface area contributed by atoms with Gasteiger partial charge in [-0.15, -0.1) is 54.1 Å². The number of benzene rings is 4. The molecule has 9 rings (SSSR count). The van der Waals surface area contributed by atoms with Gasteiger partial charge in [-0.25, -0.2) is 9.97 Å². The van der Waals surface area contributed by atoms with E-state index in [2.05, 4.69) is 57.0 Å². The Balaban J connectivity index is 0.000000220. The fraction of sp³-hybridized carbons (Fsp3) is 0.0256. The number of nitrogens with zero attached hydrogens (tertiary/aromatic N) is 5. The summed E-state index contributed by atoms with van der Waals surface area (Å²) in [4.78, 5) is 18.6. The maximum Gasteiger partial charge on any atom is 0.216 e. The predicted molar refractivity (Wildman–Crippen MR) is 179 cm³/mol. The topological polar surface area (TPSA) is 69.6 Å². The fourth-order valence-corrected chi connectivity index (χ4v) is 5.57. The van der Waals surface area contributed by atoms with E-state index in [1.807, 2.05) is 104 Å². The number of para-hydroxylation sites is 2. The van der Waals surface area contributed by atoms with Crippen molar-refractivity contribution in [2.24, 2.45) is 0 Å². The molecule has 7 heteroatoms. The molecule has 5 aromatic heterocycles. The van der Waals surface area contributed by atoms with Crippen molar-refractivity contribution in [1.29, 1.82) is 0 Å². The first-order valence-electron chi connectivity index (χ1n) is 14.7. The van der Waals surface area contributed by atoms with Gasteiger partial charge >= 0.3 is 0 Å². The minimum atomic E-state index is 0. The van der Waals surface area contributed by atoms with Gasteiger partial charge in [-0.05, 0) is 55.1 Å². The summed E-state index contributed by atoms with van der Waals surface area (Å²) in [5.74, 6) is 0.736. The molecule has 4 aromatic carbocycles. The van der Waals surface area contributed by atoms with Crippen molar-refractivity contribution in [2.45, 2.75) is 6.92 Å². The molecular formula is C39H25IrN5O-2. The largest absolute Gasteiger partial charge is 0.486 e. The first-order valence-corrected chi connectivity index (χ1v) is 14.7. The molecule has 0 unspecified atom stereocenters.